The number of benzene rings is 6. The van der Waals surface area contributed by atoms with E-state index in [0.717, 1.165) is 54.2 Å². The number of carbonyl (C=O) groups is 2. The molecular formula is C54H53BF2N10NaO2. The number of halogens is 2. The molecule has 0 spiro atoms. The molecule has 0 saturated carbocycles. The monoisotopic (exact) mass is 945 g/mol. The van der Waals surface area contributed by atoms with E-state index in [4.69, 9.17) is 12.3 Å². The number of nitrogens with one attached hydrogen (secondary N) is 2. The number of rotatable bonds is 15. The fourth-order valence-corrected chi connectivity index (χ4v) is 7.63. The molecule has 70 heavy (non-hydrogen) atoms. The van der Waals surface area contributed by atoms with Crippen molar-refractivity contribution in [3.8, 4) is 11.4 Å². The Balaban J connectivity index is 0.000000296. The van der Waals surface area contributed by atoms with Crippen molar-refractivity contribution in [3.05, 3.63) is 209 Å². The van der Waals surface area contributed by atoms with Crippen LogP contribution in [0.15, 0.2) is 158 Å². The average Bonchev–Trinajstić information content (AvgIpc) is 3.97. The summed E-state index contributed by atoms with van der Waals surface area (Å²) < 4.78 is 32.5. The van der Waals surface area contributed by atoms with E-state index >= 15 is 0 Å². The number of hydrogen-bond acceptors (Lipinski definition) is 7. The van der Waals surface area contributed by atoms with E-state index < -0.39 is 23.4 Å². The number of aryl methyl sites for hydroxylation is 2. The number of carbonyl (C=O) groups excluding carboxylic acids is 2. The number of hydrogen-bond donors (Lipinski definition) is 3. The Labute approximate surface area is 433 Å². The largest absolute Gasteiger partial charge is 1.00 e. The molecule has 0 aliphatic rings. The number of aromatic nitrogens is 4. The van der Waals surface area contributed by atoms with Gasteiger partial charge in [0.15, 0.2) is 5.69 Å². The van der Waals surface area contributed by atoms with Crippen LogP contribution in [0, 0.1) is 32.1 Å². The van der Waals surface area contributed by atoms with Crippen molar-refractivity contribution in [2.45, 2.75) is 47.1 Å². The third kappa shape index (κ3) is 13.0. The minimum atomic E-state index is -0.528. The molecule has 4 N–H and O–H groups in total. The van der Waals surface area contributed by atoms with Gasteiger partial charge in [-0.25, -0.2) is 23.0 Å². The molecule has 6 aromatic carbocycles. The molecule has 3 radical (unpaired) electrons. The van der Waals surface area contributed by atoms with E-state index in [1.807, 2.05) is 91.9 Å². The van der Waals surface area contributed by atoms with Crippen molar-refractivity contribution in [2.24, 2.45) is 5.73 Å². The molecule has 0 bridgehead atoms. The van der Waals surface area contributed by atoms with Crippen molar-refractivity contribution in [2.75, 3.05) is 33.5 Å². The number of nitrogens with two attached hydrogens (primary N) is 1. The summed E-state index contributed by atoms with van der Waals surface area (Å²) in [6.07, 6.45) is 1.81. The third-order valence-electron chi connectivity index (χ3n) is 10.8. The first-order valence-electron chi connectivity index (χ1n) is 22.3. The molecular weight excluding hydrogens is 892 g/mol. The molecule has 0 fully saturated rings. The summed E-state index contributed by atoms with van der Waals surface area (Å²) in [4.78, 5) is 34.0. The molecule has 2 aromatic heterocycles. The van der Waals surface area contributed by atoms with Crippen LogP contribution in [0.4, 0.5) is 48.6 Å². The Kier molecular flexibility index (Phi) is 19.4. The van der Waals surface area contributed by atoms with Gasteiger partial charge in [0, 0.05) is 50.8 Å². The molecule has 8 rings (SSSR count). The van der Waals surface area contributed by atoms with Gasteiger partial charge in [0.25, 0.3) is 11.8 Å². The second-order valence-electron chi connectivity index (χ2n) is 15.9. The molecule has 0 saturated heterocycles. The van der Waals surface area contributed by atoms with E-state index in [1.165, 1.54) is 16.8 Å². The van der Waals surface area contributed by atoms with Crippen LogP contribution in [0.25, 0.3) is 16.2 Å². The van der Waals surface area contributed by atoms with Crippen molar-refractivity contribution in [1.82, 2.24) is 19.6 Å². The maximum absolute atomic E-state index is 14.8. The average molecular weight is 946 g/mol. The van der Waals surface area contributed by atoms with E-state index in [2.05, 4.69) is 49.3 Å². The van der Waals surface area contributed by atoms with Gasteiger partial charge in [-0.1, -0.05) is 74.5 Å². The molecule has 0 unspecified atom stereocenters. The van der Waals surface area contributed by atoms with Gasteiger partial charge in [0.05, 0.1) is 40.7 Å². The van der Waals surface area contributed by atoms with Gasteiger partial charge in [-0.05, 0) is 129 Å². The zero-order valence-electron chi connectivity index (χ0n) is 40.9. The van der Waals surface area contributed by atoms with Gasteiger partial charge in [-0.2, -0.15) is 10.2 Å². The zero-order chi connectivity index (χ0) is 48.2. The van der Waals surface area contributed by atoms with Gasteiger partial charge in [0.2, 0.25) is 0 Å². The Hall–Kier alpha value is -7.35. The van der Waals surface area contributed by atoms with E-state index in [0.29, 0.717) is 40.7 Å². The summed E-state index contributed by atoms with van der Waals surface area (Å²) in [6, 6.07) is 46.9. The smallest absolute Gasteiger partial charge is 1.00 e. The van der Waals surface area contributed by atoms with E-state index in [1.54, 1.807) is 72.3 Å². The minimum Gasteiger partial charge on any atom is -1.00 e. The van der Waals surface area contributed by atoms with Crippen LogP contribution in [0.2, 0.25) is 0 Å². The Bertz CT molecular complexity index is 3080. The number of anilines is 6. The minimum absolute atomic E-state index is 0. The van der Waals surface area contributed by atoms with Crippen molar-refractivity contribution >= 4 is 60.0 Å². The van der Waals surface area contributed by atoms with Crippen LogP contribution < -0.4 is 55.7 Å². The fourth-order valence-electron chi connectivity index (χ4n) is 7.63. The second-order valence-corrected chi connectivity index (χ2v) is 15.9. The summed E-state index contributed by atoms with van der Waals surface area (Å²) >= 11 is 0. The second kappa shape index (κ2) is 25.3. The number of para-hydroxylation sites is 2. The SMILES string of the molecule is CCCN(c1ccccc1)c1ccc(F)c(NC(=O)c2cc(C)nn2-c2cccc(CN)c2)c1.[B].[C-]#[N+]c1cccc(-n2nc(C)cc2C(=O)Nc2cc(N(CCC)c3ccccc3)ccc2F)c1.[H-].[Na+]. The van der Waals surface area contributed by atoms with Crippen LogP contribution in [-0.4, -0.2) is 52.9 Å². The Morgan fingerprint density at radius 2 is 1.06 bits per heavy atom. The Morgan fingerprint density at radius 3 is 1.49 bits per heavy atom. The first-order chi connectivity index (χ1) is 33.0. The molecule has 0 atom stereocenters. The predicted octanol–water partition coefficient (Wildman–Crippen LogP) is 8.99. The van der Waals surface area contributed by atoms with Crippen LogP contribution in [0.5, 0.6) is 0 Å². The van der Waals surface area contributed by atoms with Crippen molar-refractivity contribution in [1.29, 1.82) is 0 Å². The molecule has 12 nitrogen and oxygen atoms in total. The molecule has 2 amide bonds. The van der Waals surface area contributed by atoms with Gasteiger partial charge >= 0.3 is 29.6 Å². The van der Waals surface area contributed by atoms with Gasteiger partial charge in [0.1, 0.15) is 23.0 Å². The van der Waals surface area contributed by atoms with E-state index in [9.17, 15) is 18.4 Å². The first-order valence-corrected chi connectivity index (χ1v) is 22.3. The first kappa shape index (κ1) is 53.6. The zero-order valence-corrected chi connectivity index (χ0v) is 41.9. The number of nitrogens with zero attached hydrogens (tertiary/aromatic N) is 7. The summed E-state index contributed by atoms with van der Waals surface area (Å²) in [6.45, 7) is 16.9. The van der Waals surface area contributed by atoms with Gasteiger partial charge in [-0.3, -0.25) is 9.59 Å². The molecule has 0 aliphatic carbocycles. The fraction of sp³-hybridized carbons (Fsp3) is 0.167. The van der Waals surface area contributed by atoms with Crippen LogP contribution in [-0.2, 0) is 6.54 Å². The van der Waals surface area contributed by atoms with Crippen molar-refractivity contribution in [3.63, 3.8) is 0 Å². The maximum atomic E-state index is 14.8. The van der Waals surface area contributed by atoms with Gasteiger partial charge in [-0.15, -0.1) is 0 Å². The van der Waals surface area contributed by atoms with Gasteiger partial charge < -0.3 is 27.6 Å². The normalized spacial score (nSPS) is 10.4. The molecule has 0 aliphatic heterocycles. The third-order valence-corrected chi connectivity index (χ3v) is 10.8. The molecule has 349 valence electrons. The Morgan fingerprint density at radius 1 is 0.614 bits per heavy atom. The summed E-state index contributed by atoms with van der Waals surface area (Å²) in [5.74, 6) is -1.97. The number of amides is 2. The van der Waals surface area contributed by atoms with Crippen LogP contribution in [0.1, 0.15) is 66.0 Å². The quantitative estimate of drug-likeness (QED) is 0.0691. The van der Waals surface area contributed by atoms with Crippen LogP contribution >= 0.6 is 0 Å². The summed E-state index contributed by atoms with van der Waals surface area (Å²) in [5, 5.41) is 14.3. The van der Waals surface area contributed by atoms with Crippen molar-refractivity contribution < 1.29 is 49.4 Å². The maximum Gasteiger partial charge on any atom is 1.00 e. The van der Waals surface area contributed by atoms with Crippen LogP contribution in [0.3, 0.4) is 0 Å². The molecule has 16 heteroatoms. The molecule has 8 aromatic rings. The topological polar surface area (TPSA) is 131 Å². The standard InChI is InChI=1S/C27H24FN5O.C27H28FN5O.B.Na.H/c1-4-15-32(21-10-6-5-7-11-21)22-13-14-24(28)25(18-22)30-27(34)26-16-19(2)31-33(26)23-12-8-9-20(17-23)29-3;1-3-14-32(21-9-5-4-6-10-21)22-12-13-24(28)25(17-22)30-27(34)26-15-19(2)31-33(26)23-11-7-8-20(16-23)18-29;;;/h5-14,16-18H,4,15H2,1-2H3,(H,30,34);4-13,15-17H,3,14,18,29H2,1-2H3,(H,30,34);;;/q;;;+1;-1. The van der Waals surface area contributed by atoms with E-state index in [-0.39, 0.29) is 56.5 Å². The molecule has 2 heterocycles. The summed E-state index contributed by atoms with van der Waals surface area (Å²) in [5.41, 5.74) is 14.0. The predicted molar refractivity (Wildman–Crippen MR) is 274 cm³/mol. The summed E-state index contributed by atoms with van der Waals surface area (Å²) in [7, 11) is 0.